The van der Waals surface area contributed by atoms with Crippen LogP contribution in [0.2, 0.25) is 0 Å². The van der Waals surface area contributed by atoms with Crippen LogP contribution in [0.4, 0.5) is 0 Å². The van der Waals surface area contributed by atoms with Crippen molar-refractivity contribution in [3.05, 3.63) is 88.5 Å². The molecule has 0 radical (unpaired) electrons. The highest BCUT2D eigenvalue weighted by atomic mass is 16.4. The second-order valence-electron chi connectivity index (χ2n) is 6.24. The zero-order valence-electron chi connectivity index (χ0n) is 15.1. The van der Waals surface area contributed by atoms with Crippen LogP contribution in [0.1, 0.15) is 54.3 Å². The molecule has 2 aromatic carbocycles. The van der Waals surface area contributed by atoms with E-state index in [9.17, 15) is 19.2 Å². The number of H-pyrrole nitrogens is 1. The van der Waals surface area contributed by atoms with E-state index in [2.05, 4.69) is 9.97 Å². The van der Waals surface area contributed by atoms with Crippen molar-refractivity contribution in [3.63, 3.8) is 0 Å². The van der Waals surface area contributed by atoms with E-state index in [-0.39, 0.29) is 34.7 Å². The summed E-state index contributed by atoms with van der Waals surface area (Å²) in [4.78, 5) is 52.1. The molecule has 4 rings (SSSR count). The Bertz CT molecular complexity index is 1100. The summed E-state index contributed by atoms with van der Waals surface area (Å²) >= 11 is 0. The second-order valence-corrected chi connectivity index (χ2v) is 6.24. The standard InChI is InChI=1S/C15H8O4.C6H8N2O2/c16-13-9-3-1-2-4-10(9)14(17)12-7-8(15(18)19)5-6-11(12)13;9-6(10)2-1-5-3-7-4-8-5/h1-7H,(H,18,19);3-4H,1-2H2,(H,7,8)(H,9,10). The number of fused-ring (bicyclic) bond motifs is 2. The third kappa shape index (κ3) is 4.27. The lowest BCUT2D eigenvalue weighted by Gasteiger charge is -2.17. The summed E-state index contributed by atoms with van der Waals surface area (Å²) in [7, 11) is 0. The van der Waals surface area contributed by atoms with E-state index in [0.29, 0.717) is 17.5 Å². The molecular weight excluding hydrogens is 376 g/mol. The summed E-state index contributed by atoms with van der Waals surface area (Å²) in [5.74, 6) is -2.47. The molecular formula is C21H16N2O6. The van der Waals surface area contributed by atoms with Gasteiger partial charge in [-0.15, -0.1) is 0 Å². The maximum Gasteiger partial charge on any atom is 0.335 e. The molecule has 1 aliphatic carbocycles. The van der Waals surface area contributed by atoms with Gasteiger partial charge in [-0.05, 0) is 24.6 Å². The lowest BCUT2D eigenvalue weighted by Crippen LogP contribution is -2.21. The Balaban J connectivity index is 0.000000204. The molecule has 0 spiro atoms. The average Bonchev–Trinajstić information content (AvgIpc) is 3.24. The van der Waals surface area contributed by atoms with E-state index >= 15 is 0 Å². The van der Waals surface area contributed by atoms with Gasteiger partial charge in [0, 0.05) is 34.1 Å². The normalized spacial score (nSPS) is 11.7. The third-order valence-electron chi connectivity index (χ3n) is 4.34. The quantitative estimate of drug-likeness (QED) is 0.485. The van der Waals surface area contributed by atoms with E-state index < -0.39 is 11.9 Å². The molecule has 0 unspecified atom stereocenters. The molecule has 0 saturated carbocycles. The van der Waals surface area contributed by atoms with Crippen molar-refractivity contribution in [2.24, 2.45) is 0 Å². The van der Waals surface area contributed by atoms with Crippen LogP contribution in [0.5, 0.6) is 0 Å². The summed E-state index contributed by atoms with van der Waals surface area (Å²) in [6.07, 6.45) is 3.84. The maximum atomic E-state index is 12.3. The number of aromatic nitrogens is 2. The predicted molar refractivity (Wildman–Crippen MR) is 101 cm³/mol. The maximum absolute atomic E-state index is 12.3. The number of benzene rings is 2. The predicted octanol–water partition coefficient (Wildman–Crippen LogP) is 2.59. The Labute approximate surface area is 164 Å². The number of aromatic carboxylic acids is 1. The first-order valence-corrected chi connectivity index (χ1v) is 8.63. The molecule has 0 atom stereocenters. The van der Waals surface area contributed by atoms with Crippen molar-refractivity contribution < 1.29 is 29.4 Å². The number of carboxylic acid groups (broad SMARTS) is 2. The Kier molecular flexibility index (Phi) is 5.64. The highest BCUT2D eigenvalue weighted by Gasteiger charge is 2.29. The molecule has 0 bridgehead atoms. The third-order valence-corrected chi connectivity index (χ3v) is 4.34. The average molecular weight is 392 g/mol. The van der Waals surface area contributed by atoms with Gasteiger partial charge in [0.2, 0.25) is 0 Å². The van der Waals surface area contributed by atoms with Gasteiger partial charge in [0.1, 0.15) is 0 Å². The Hall–Kier alpha value is -4.07. The van der Waals surface area contributed by atoms with Crippen LogP contribution in [0.3, 0.4) is 0 Å². The number of rotatable bonds is 4. The van der Waals surface area contributed by atoms with Gasteiger partial charge < -0.3 is 15.2 Å². The number of imidazole rings is 1. The number of hydrogen-bond acceptors (Lipinski definition) is 5. The summed E-state index contributed by atoms with van der Waals surface area (Å²) in [5.41, 5.74) is 1.96. The molecule has 29 heavy (non-hydrogen) atoms. The van der Waals surface area contributed by atoms with Gasteiger partial charge in [0.15, 0.2) is 11.6 Å². The molecule has 3 aromatic rings. The lowest BCUT2D eigenvalue weighted by molar-refractivity contribution is -0.136. The van der Waals surface area contributed by atoms with E-state index in [1.807, 2.05) is 0 Å². The van der Waals surface area contributed by atoms with Crippen LogP contribution < -0.4 is 0 Å². The first-order chi connectivity index (χ1) is 13.9. The van der Waals surface area contributed by atoms with Crippen molar-refractivity contribution in [3.8, 4) is 0 Å². The number of carbonyl (C=O) groups is 4. The fourth-order valence-electron chi connectivity index (χ4n) is 2.90. The molecule has 146 valence electrons. The minimum atomic E-state index is -1.12. The fourth-order valence-corrected chi connectivity index (χ4v) is 2.90. The van der Waals surface area contributed by atoms with Crippen molar-refractivity contribution in [1.29, 1.82) is 0 Å². The monoisotopic (exact) mass is 392 g/mol. The fraction of sp³-hybridized carbons (Fsp3) is 0.0952. The number of carbonyl (C=O) groups excluding carboxylic acids is 2. The van der Waals surface area contributed by atoms with Crippen LogP contribution in [0.15, 0.2) is 55.0 Å². The zero-order valence-corrected chi connectivity index (χ0v) is 15.1. The van der Waals surface area contributed by atoms with Crippen molar-refractivity contribution >= 4 is 23.5 Å². The van der Waals surface area contributed by atoms with Crippen LogP contribution in [0.25, 0.3) is 0 Å². The van der Waals surface area contributed by atoms with E-state index in [1.54, 1.807) is 30.5 Å². The topological polar surface area (TPSA) is 137 Å². The molecule has 0 saturated heterocycles. The minimum absolute atomic E-state index is 0.000666. The SMILES string of the molecule is O=C(O)CCc1cnc[nH]1.O=C(O)c1ccc2c(c1)C(=O)c1ccccc1C2=O. The number of carboxylic acids is 2. The van der Waals surface area contributed by atoms with E-state index in [4.69, 9.17) is 10.2 Å². The molecule has 1 aliphatic rings. The molecule has 8 heteroatoms. The molecule has 3 N–H and O–H groups in total. The minimum Gasteiger partial charge on any atom is -0.481 e. The molecule has 1 heterocycles. The number of aliphatic carboxylic acids is 1. The number of ketones is 2. The molecule has 0 fully saturated rings. The van der Waals surface area contributed by atoms with E-state index in [1.165, 1.54) is 24.5 Å². The largest absolute Gasteiger partial charge is 0.481 e. The molecule has 0 amide bonds. The number of nitrogens with one attached hydrogen (secondary N) is 1. The number of aromatic amines is 1. The first-order valence-electron chi connectivity index (χ1n) is 8.63. The Morgan fingerprint density at radius 3 is 2.07 bits per heavy atom. The van der Waals surface area contributed by atoms with E-state index in [0.717, 1.165) is 5.69 Å². The Morgan fingerprint density at radius 1 is 0.897 bits per heavy atom. The summed E-state index contributed by atoms with van der Waals surface area (Å²) in [6, 6.07) is 10.5. The van der Waals surface area contributed by atoms with Crippen molar-refractivity contribution in [2.45, 2.75) is 12.8 Å². The zero-order chi connectivity index (χ0) is 21.0. The number of nitrogens with zero attached hydrogens (tertiary/aromatic N) is 1. The summed E-state index contributed by atoms with van der Waals surface area (Å²) < 4.78 is 0. The molecule has 0 aliphatic heterocycles. The summed E-state index contributed by atoms with van der Waals surface area (Å²) in [6.45, 7) is 0. The van der Waals surface area contributed by atoms with Crippen LogP contribution >= 0.6 is 0 Å². The second kappa shape index (κ2) is 8.30. The lowest BCUT2D eigenvalue weighted by atomic mass is 9.83. The van der Waals surface area contributed by atoms with Gasteiger partial charge in [0.25, 0.3) is 0 Å². The molecule has 1 aromatic heterocycles. The highest BCUT2D eigenvalue weighted by Crippen LogP contribution is 2.27. The Morgan fingerprint density at radius 2 is 1.52 bits per heavy atom. The first kappa shape index (κ1) is 19.7. The highest BCUT2D eigenvalue weighted by molar-refractivity contribution is 6.28. The van der Waals surface area contributed by atoms with Gasteiger partial charge in [-0.2, -0.15) is 0 Å². The van der Waals surface area contributed by atoms with Gasteiger partial charge in [-0.1, -0.05) is 24.3 Å². The van der Waals surface area contributed by atoms with Crippen LogP contribution in [0, 0.1) is 0 Å². The number of hydrogen-bond donors (Lipinski definition) is 3. The van der Waals surface area contributed by atoms with Gasteiger partial charge >= 0.3 is 11.9 Å². The number of aryl methyl sites for hydroxylation is 1. The van der Waals surface area contributed by atoms with Crippen LogP contribution in [-0.4, -0.2) is 43.7 Å². The van der Waals surface area contributed by atoms with Gasteiger partial charge in [-0.25, -0.2) is 9.78 Å². The summed E-state index contributed by atoms with van der Waals surface area (Å²) in [5, 5.41) is 17.2. The smallest absolute Gasteiger partial charge is 0.335 e. The molecule has 8 nitrogen and oxygen atoms in total. The van der Waals surface area contributed by atoms with Crippen molar-refractivity contribution in [2.75, 3.05) is 0 Å². The van der Waals surface area contributed by atoms with Gasteiger partial charge in [0.05, 0.1) is 18.3 Å². The van der Waals surface area contributed by atoms with Crippen LogP contribution in [-0.2, 0) is 11.2 Å². The van der Waals surface area contributed by atoms with Gasteiger partial charge in [-0.3, -0.25) is 14.4 Å². The van der Waals surface area contributed by atoms with Crippen molar-refractivity contribution in [1.82, 2.24) is 9.97 Å².